The molecule has 0 aliphatic rings. The van der Waals surface area contributed by atoms with Crippen LogP contribution in [0, 0.1) is 0 Å². The van der Waals surface area contributed by atoms with Gasteiger partial charge >= 0.3 is 5.97 Å². The van der Waals surface area contributed by atoms with Crippen molar-refractivity contribution in [2.45, 2.75) is 6.92 Å². The van der Waals surface area contributed by atoms with E-state index in [-0.39, 0.29) is 12.5 Å². The third kappa shape index (κ3) is 3.46. The Balaban J connectivity index is 2.64. The first-order chi connectivity index (χ1) is 7.67. The van der Waals surface area contributed by atoms with Crippen LogP contribution in [0.15, 0.2) is 24.3 Å². The Morgan fingerprint density at radius 3 is 2.81 bits per heavy atom. The van der Waals surface area contributed by atoms with E-state index >= 15 is 0 Å². The number of rotatable bonds is 5. The highest BCUT2D eigenvalue weighted by Gasteiger charge is 2.08. The van der Waals surface area contributed by atoms with E-state index in [1.165, 1.54) is 0 Å². The van der Waals surface area contributed by atoms with Crippen molar-refractivity contribution >= 4 is 11.7 Å². The molecule has 0 N–H and O–H groups in total. The van der Waals surface area contributed by atoms with Gasteiger partial charge in [-0.15, -0.1) is 0 Å². The Morgan fingerprint density at radius 1 is 1.44 bits per heavy atom. The molecule has 88 valence electrons. The second kappa shape index (κ2) is 6.00. The number of hydrogen-bond donors (Lipinski definition) is 0. The van der Waals surface area contributed by atoms with Gasteiger partial charge in [0.2, 0.25) is 0 Å². The highest BCUT2D eigenvalue weighted by atomic mass is 16.5. The van der Waals surface area contributed by atoms with E-state index in [0.29, 0.717) is 6.61 Å². The molecule has 16 heavy (non-hydrogen) atoms. The molecule has 0 radical (unpaired) electrons. The summed E-state index contributed by atoms with van der Waals surface area (Å²) in [6.07, 6.45) is 0. The number of anilines is 1. The van der Waals surface area contributed by atoms with E-state index in [2.05, 4.69) is 0 Å². The molecule has 0 heterocycles. The largest absolute Gasteiger partial charge is 0.497 e. The summed E-state index contributed by atoms with van der Waals surface area (Å²) in [6, 6.07) is 7.54. The number of methoxy groups -OCH3 is 1. The number of ether oxygens (including phenoxy) is 2. The van der Waals surface area contributed by atoms with E-state index in [0.717, 1.165) is 11.4 Å². The summed E-state index contributed by atoms with van der Waals surface area (Å²) in [5, 5.41) is 0. The van der Waals surface area contributed by atoms with Gasteiger partial charge in [0.1, 0.15) is 12.3 Å². The molecule has 0 saturated heterocycles. The molecule has 0 spiro atoms. The first kappa shape index (κ1) is 12.4. The molecular formula is C12H17NO3. The van der Waals surface area contributed by atoms with E-state index in [1.807, 2.05) is 36.2 Å². The van der Waals surface area contributed by atoms with Crippen LogP contribution in [-0.4, -0.2) is 33.3 Å². The minimum atomic E-state index is -0.229. The maximum atomic E-state index is 11.3. The van der Waals surface area contributed by atoms with Gasteiger partial charge in [0.15, 0.2) is 0 Å². The highest BCUT2D eigenvalue weighted by Crippen LogP contribution is 2.19. The quantitative estimate of drug-likeness (QED) is 0.712. The Bertz CT molecular complexity index is 352. The van der Waals surface area contributed by atoms with Gasteiger partial charge in [-0.1, -0.05) is 6.07 Å². The van der Waals surface area contributed by atoms with Gasteiger partial charge in [-0.3, -0.25) is 4.79 Å². The zero-order valence-electron chi connectivity index (χ0n) is 9.90. The van der Waals surface area contributed by atoms with Crippen molar-refractivity contribution in [1.29, 1.82) is 0 Å². The van der Waals surface area contributed by atoms with Gasteiger partial charge in [-0.2, -0.15) is 0 Å². The number of benzene rings is 1. The van der Waals surface area contributed by atoms with Crippen molar-refractivity contribution in [3.8, 4) is 5.75 Å². The molecule has 4 nitrogen and oxygen atoms in total. The molecule has 0 aliphatic carbocycles. The standard InChI is InChI=1S/C12H17NO3/c1-4-16-12(14)9-13(2)10-6-5-7-11(8-10)15-3/h5-8H,4,9H2,1-3H3. The van der Waals surface area contributed by atoms with Gasteiger partial charge < -0.3 is 14.4 Å². The molecule has 0 aromatic heterocycles. The lowest BCUT2D eigenvalue weighted by Crippen LogP contribution is -2.27. The molecule has 4 heteroatoms. The highest BCUT2D eigenvalue weighted by molar-refractivity contribution is 5.75. The number of hydrogen-bond acceptors (Lipinski definition) is 4. The van der Waals surface area contributed by atoms with Gasteiger partial charge in [0.05, 0.1) is 13.7 Å². The summed E-state index contributed by atoms with van der Waals surface area (Å²) in [7, 11) is 3.45. The number of carbonyl (C=O) groups is 1. The maximum Gasteiger partial charge on any atom is 0.325 e. The fourth-order valence-corrected chi connectivity index (χ4v) is 1.34. The zero-order valence-corrected chi connectivity index (χ0v) is 9.90. The monoisotopic (exact) mass is 223 g/mol. The van der Waals surface area contributed by atoms with Crippen LogP contribution in [0.5, 0.6) is 5.75 Å². The molecule has 0 amide bonds. The number of likely N-dealkylation sites (N-methyl/N-ethyl adjacent to an activating group) is 1. The first-order valence-corrected chi connectivity index (χ1v) is 5.18. The van der Waals surface area contributed by atoms with Crippen molar-refractivity contribution in [2.24, 2.45) is 0 Å². The summed E-state index contributed by atoms with van der Waals surface area (Å²) >= 11 is 0. The molecule has 0 fully saturated rings. The lowest BCUT2D eigenvalue weighted by Gasteiger charge is -2.18. The second-order valence-electron chi connectivity index (χ2n) is 3.36. The lowest BCUT2D eigenvalue weighted by molar-refractivity contribution is -0.141. The van der Waals surface area contributed by atoms with Crippen LogP contribution in [0.25, 0.3) is 0 Å². The minimum Gasteiger partial charge on any atom is -0.497 e. The van der Waals surface area contributed by atoms with Gasteiger partial charge in [0, 0.05) is 18.8 Å². The number of nitrogens with zero attached hydrogens (tertiary/aromatic N) is 1. The van der Waals surface area contributed by atoms with Crippen molar-refractivity contribution in [3.05, 3.63) is 24.3 Å². The Labute approximate surface area is 95.8 Å². The van der Waals surface area contributed by atoms with Gasteiger partial charge in [-0.05, 0) is 19.1 Å². The van der Waals surface area contributed by atoms with Crippen LogP contribution in [0.2, 0.25) is 0 Å². The normalized spacial score (nSPS) is 9.69. The topological polar surface area (TPSA) is 38.8 Å². The van der Waals surface area contributed by atoms with Crippen LogP contribution in [0.3, 0.4) is 0 Å². The average molecular weight is 223 g/mol. The van der Waals surface area contributed by atoms with Crippen molar-refractivity contribution in [2.75, 3.05) is 32.2 Å². The van der Waals surface area contributed by atoms with E-state index in [1.54, 1.807) is 14.0 Å². The SMILES string of the molecule is CCOC(=O)CN(C)c1cccc(OC)c1. The number of carbonyl (C=O) groups excluding carboxylic acids is 1. The van der Waals surface area contributed by atoms with Crippen LogP contribution in [-0.2, 0) is 9.53 Å². The molecular weight excluding hydrogens is 206 g/mol. The molecule has 1 aromatic rings. The van der Waals surface area contributed by atoms with Crippen LogP contribution >= 0.6 is 0 Å². The number of esters is 1. The predicted molar refractivity (Wildman–Crippen MR) is 62.9 cm³/mol. The van der Waals surface area contributed by atoms with E-state index in [9.17, 15) is 4.79 Å². The summed E-state index contributed by atoms with van der Waals surface area (Å²) in [5.74, 6) is 0.543. The van der Waals surface area contributed by atoms with Gasteiger partial charge in [0.25, 0.3) is 0 Å². The third-order valence-electron chi connectivity index (χ3n) is 2.17. The predicted octanol–water partition coefficient (Wildman–Crippen LogP) is 1.69. The Hall–Kier alpha value is -1.71. The fraction of sp³-hybridized carbons (Fsp3) is 0.417. The summed E-state index contributed by atoms with van der Waals surface area (Å²) in [4.78, 5) is 13.1. The maximum absolute atomic E-state index is 11.3. The summed E-state index contributed by atoms with van der Waals surface area (Å²) < 4.78 is 9.99. The summed E-state index contributed by atoms with van der Waals surface area (Å²) in [5.41, 5.74) is 0.924. The first-order valence-electron chi connectivity index (χ1n) is 5.18. The molecule has 0 atom stereocenters. The summed E-state index contributed by atoms with van der Waals surface area (Å²) in [6.45, 7) is 2.44. The van der Waals surface area contributed by atoms with Crippen molar-refractivity contribution in [1.82, 2.24) is 0 Å². The zero-order chi connectivity index (χ0) is 12.0. The van der Waals surface area contributed by atoms with Crippen LogP contribution in [0.1, 0.15) is 6.92 Å². The van der Waals surface area contributed by atoms with Crippen LogP contribution < -0.4 is 9.64 Å². The van der Waals surface area contributed by atoms with Crippen LogP contribution in [0.4, 0.5) is 5.69 Å². The third-order valence-corrected chi connectivity index (χ3v) is 2.17. The van der Waals surface area contributed by atoms with Gasteiger partial charge in [-0.25, -0.2) is 0 Å². The molecule has 0 unspecified atom stereocenters. The smallest absolute Gasteiger partial charge is 0.325 e. The second-order valence-corrected chi connectivity index (χ2v) is 3.36. The van der Waals surface area contributed by atoms with E-state index in [4.69, 9.17) is 9.47 Å². The molecule has 0 bridgehead atoms. The molecule has 1 rings (SSSR count). The minimum absolute atomic E-state index is 0.229. The Morgan fingerprint density at radius 2 is 2.19 bits per heavy atom. The van der Waals surface area contributed by atoms with E-state index < -0.39 is 0 Å². The van der Waals surface area contributed by atoms with Crippen molar-refractivity contribution < 1.29 is 14.3 Å². The molecule has 0 saturated carbocycles. The molecule has 1 aromatic carbocycles. The van der Waals surface area contributed by atoms with Crippen molar-refractivity contribution in [3.63, 3.8) is 0 Å². The fourth-order valence-electron chi connectivity index (χ4n) is 1.34. The Kier molecular flexibility index (Phi) is 4.64. The average Bonchev–Trinajstić information content (AvgIpc) is 2.29. The lowest BCUT2D eigenvalue weighted by atomic mass is 10.3. The molecule has 0 aliphatic heterocycles.